The Balaban J connectivity index is 1.56. The number of carbonyl (C=O) groups excluding carboxylic acids is 1. The molecule has 27 heavy (non-hydrogen) atoms. The number of nitrogens with zero attached hydrogens (tertiary/aromatic N) is 1. The van der Waals surface area contributed by atoms with Crippen molar-refractivity contribution in [3.8, 4) is 0 Å². The number of amides is 1. The Morgan fingerprint density at radius 3 is 2.41 bits per heavy atom. The van der Waals surface area contributed by atoms with Gasteiger partial charge in [0.2, 0.25) is 6.29 Å². The highest BCUT2D eigenvalue weighted by Gasteiger charge is 2.28. The third-order valence-electron chi connectivity index (χ3n) is 5.25. The minimum atomic E-state index is -0.406. The van der Waals surface area contributed by atoms with Crippen molar-refractivity contribution < 1.29 is 19.4 Å². The molecule has 0 saturated carbocycles. The summed E-state index contributed by atoms with van der Waals surface area (Å²) >= 11 is 0. The lowest BCUT2D eigenvalue weighted by Crippen LogP contribution is -2.38. The maximum atomic E-state index is 12.9. The van der Waals surface area contributed by atoms with Crippen LogP contribution in [-0.2, 0) is 27.5 Å². The highest BCUT2D eigenvalue weighted by Crippen LogP contribution is 2.25. The average molecular weight is 373 g/mol. The van der Waals surface area contributed by atoms with Crippen molar-refractivity contribution in [3.63, 3.8) is 0 Å². The van der Waals surface area contributed by atoms with Gasteiger partial charge in [-0.05, 0) is 36.0 Å². The maximum Gasteiger partial charge on any atom is 0.288 e. The Morgan fingerprint density at radius 2 is 1.74 bits per heavy atom. The van der Waals surface area contributed by atoms with E-state index in [4.69, 9.17) is 14.6 Å². The summed E-state index contributed by atoms with van der Waals surface area (Å²) in [5.41, 5.74) is 1.90. The van der Waals surface area contributed by atoms with E-state index in [0.717, 1.165) is 43.5 Å². The summed E-state index contributed by atoms with van der Waals surface area (Å²) < 4.78 is 11.8. The molecular formula is C22H31NO4. The fourth-order valence-electron chi connectivity index (χ4n) is 3.62. The third kappa shape index (κ3) is 5.81. The van der Waals surface area contributed by atoms with Crippen LogP contribution in [-0.4, -0.2) is 35.3 Å². The van der Waals surface area contributed by atoms with Crippen molar-refractivity contribution in [1.29, 1.82) is 0 Å². The number of carbonyl (C=O) groups is 1. The van der Waals surface area contributed by atoms with E-state index in [1.165, 1.54) is 19.3 Å². The largest absolute Gasteiger partial charge is 0.459 e. The molecule has 0 unspecified atom stereocenters. The number of likely N-dealkylation sites (tertiary alicyclic amines) is 1. The topological polar surface area (TPSA) is 59.0 Å². The normalized spacial score (nSPS) is 23.8. The first-order valence-corrected chi connectivity index (χ1v) is 10.1. The van der Waals surface area contributed by atoms with Crippen LogP contribution in [0.4, 0.5) is 0 Å². The first kappa shape index (κ1) is 19.9. The SMILES string of the molecule is C[C@@H]1C=C(C(=O)N2CCCCCCC2)O[C@H](OCc2ccc(CO)cc2)C1. The van der Waals surface area contributed by atoms with E-state index in [2.05, 4.69) is 6.92 Å². The van der Waals surface area contributed by atoms with Gasteiger partial charge in [-0.2, -0.15) is 0 Å². The molecule has 0 bridgehead atoms. The van der Waals surface area contributed by atoms with E-state index in [0.29, 0.717) is 12.4 Å². The number of ether oxygens (including phenoxy) is 2. The zero-order valence-corrected chi connectivity index (χ0v) is 16.2. The molecule has 0 radical (unpaired) electrons. The minimum Gasteiger partial charge on any atom is -0.459 e. The van der Waals surface area contributed by atoms with Crippen LogP contribution in [0, 0.1) is 5.92 Å². The quantitative estimate of drug-likeness (QED) is 0.854. The van der Waals surface area contributed by atoms with Crippen molar-refractivity contribution in [1.82, 2.24) is 4.90 Å². The van der Waals surface area contributed by atoms with E-state index in [9.17, 15) is 4.79 Å². The van der Waals surface area contributed by atoms with Crippen LogP contribution in [0.5, 0.6) is 0 Å². The number of aliphatic hydroxyl groups is 1. The zero-order chi connectivity index (χ0) is 19.1. The smallest absolute Gasteiger partial charge is 0.288 e. The Kier molecular flexibility index (Phi) is 7.30. The van der Waals surface area contributed by atoms with Crippen molar-refractivity contribution in [3.05, 3.63) is 47.2 Å². The second kappa shape index (κ2) is 9.90. The van der Waals surface area contributed by atoms with Gasteiger partial charge in [-0.15, -0.1) is 0 Å². The predicted octanol–water partition coefficient (Wildman–Crippen LogP) is 3.75. The van der Waals surface area contributed by atoms with E-state index >= 15 is 0 Å². The van der Waals surface area contributed by atoms with E-state index < -0.39 is 6.29 Å². The van der Waals surface area contributed by atoms with Gasteiger partial charge < -0.3 is 19.5 Å². The molecule has 1 aromatic rings. The monoisotopic (exact) mass is 373 g/mol. The summed E-state index contributed by atoms with van der Waals surface area (Å²) in [5.74, 6) is 0.688. The van der Waals surface area contributed by atoms with Crippen molar-refractivity contribution in [2.45, 2.75) is 65.0 Å². The molecule has 1 fully saturated rings. The van der Waals surface area contributed by atoms with Gasteiger partial charge in [-0.1, -0.05) is 50.5 Å². The highest BCUT2D eigenvalue weighted by atomic mass is 16.7. The molecule has 1 amide bonds. The first-order chi connectivity index (χ1) is 13.2. The van der Waals surface area contributed by atoms with Gasteiger partial charge in [0.05, 0.1) is 13.2 Å². The molecule has 0 aliphatic carbocycles. The van der Waals surface area contributed by atoms with Gasteiger partial charge in [0, 0.05) is 19.5 Å². The van der Waals surface area contributed by atoms with Crippen LogP contribution in [0.15, 0.2) is 36.1 Å². The zero-order valence-electron chi connectivity index (χ0n) is 16.2. The molecule has 2 aliphatic rings. The van der Waals surface area contributed by atoms with Gasteiger partial charge in [0.1, 0.15) is 0 Å². The van der Waals surface area contributed by atoms with Gasteiger partial charge in [-0.3, -0.25) is 4.79 Å². The van der Waals surface area contributed by atoms with Crippen molar-refractivity contribution in [2.75, 3.05) is 13.1 Å². The Morgan fingerprint density at radius 1 is 1.11 bits per heavy atom. The molecule has 2 heterocycles. The number of aliphatic hydroxyl groups excluding tert-OH is 1. The van der Waals surface area contributed by atoms with Gasteiger partial charge in [0.25, 0.3) is 5.91 Å². The molecule has 1 saturated heterocycles. The molecule has 2 aliphatic heterocycles. The first-order valence-electron chi connectivity index (χ1n) is 10.1. The lowest BCUT2D eigenvalue weighted by Gasteiger charge is -2.31. The second-order valence-electron chi connectivity index (χ2n) is 7.64. The molecule has 0 aromatic heterocycles. The summed E-state index contributed by atoms with van der Waals surface area (Å²) in [7, 11) is 0. The van der Waals surface area contributed by atoms with E-state index in [1.54, 1.807) is 0 Å². The summed E-state index contributed by atoms with van der Waals surface area (Å²) in [6.07, 6.45) is 8.07. The number of hydrogen-bond acceptors (Lipinski definition) is 4. The summed E-state index contributed by atoms with van der Waals surface area (Å²) in [5, 5.41) is 9.12. The van der Waals surface area contributed by atoms with E-state index in [-0.39, 0.29) is 18.4 Å². The lowest BCUT2D eigenvalue weighted by molar-refractivity contribution is -0.158. The fraction of sp³-hybridized carbons (Fsp3) is 0.591. The molecule has 1 N–H and O–H groups in total. The number of benzene rings is 1. The van der Waals surface area contributed by atoms with Gasteiger partial charge >= 0.3 is 0 Å². The van der Waals surface area contributed by atoms with Crippen LogP contribution in [0.2, 0.25) is 0 Å². The molecule has 3 rings (SSSR count). The van der Waals surface area contributed by atoms with Crippen LogP contribution >= 0.6 is 0 Å². The molecule has 148 valence electrons. The van der Waals surface area contributed by atoms with Gasteiger partial charge in [-0.25, -0.2) is 0 Å². The van der Waals surface area contributed by atoms with Crippen LogP contribution < -0.4 is 0 Å². The average Bonchev–Trinajstić information content (AvgIpc) is 2.66. The number of hydrogen-bond donors (Lipinski definition) is 1. The van der Waals surface area contributed by atoms with Crippen LogP contribution in [0.3, 0.4) is 0 Å². The Labute approximate surface area is 162 Å². The maximum absolute atomic E-state index is 12.9. The third-order valence-corrected chi connectivity index (χ3v) is 5.25. The predicted molar refractivity (Wildman–Crippen MR) is 104 cm³/mol. The molecule has 0 spiro atoms. The summed E-state index contributed by atoms with van der Waals surface area (Å²) in [6.45, 7) is 4.19. The molecular weight excluding hydrogens is 342 g/mol. The molecule has 5 heteroatoms. The summed E-state index contributed by atoms with van der Waals surface area (Å²) in [4.78, 5) is 14.8. The second-order valence-corrected chi connectivity index (χ2v) is 7.64. The Hall–Kier alpha value is -1.85. The fourth-order valence-corrected chi connectivity index (χ4v) is 3.62. The van der Waals surface area contributed by atoms with Crippen LogP contribution in [0.1, 0.15) is 56.6 Å². The Bertz CT molecular complexity index is 632. The molecule has 5 nitrogen and oxygen atoms in total. The molecule has 2 atom stereocenters. The highest BCUT2D eigenvalue weighted by molar-refractivity contribution is 5.91. The van der Waals surface area contributed by atoms with Gasteiger partial charge in [0.15, 0.2) is 5.76 Å². The van der Waals surface area contributed by atoms with Crippen molar-refractivity contribution in [2.24, 2.45) is 5.92 Å². The molecule has 1 aromatic carbocycles. The summed E-state index contributed by atoms with van der Waals surface area (Å²) in [6, 6.07) is 7.67. The standard InChI is InChI=1S/C22H31NO4/c1-17-13-20(22(25)23-11-5-3-2-4-6-12-23)27-21(14-17)26-16-19-9-7-18(15-24)8-10-19/h7-10,13,17,21,24H,2-6,11-12,14-16H2,1H3/t17-,21+/m1/s1. The number of rotatable bonds is 5. The minimum absolute atomic E-state index is 0.00403. The number of allylic oxidation sites excluding steroid dienone is 1. The van der Waals surface area contributed by atoms with Crippen LogP contribution in [0.25, 0.3) is 0 Å². The van der Waals surface area contributed by atoms with E-state index in [1.807, 2.05) is 35.2 Å². The lowest BCUT2D eigenvalue weighted by atomic mass is 10.0. The van der Waals surface area contributed by atoms with Crippen molar-refractivity contribution >= 4 is 5.91 Å².